The molecule has 30 heavy (non-hydrogen) atoms. The van der Waals surface area contributed by atoms with Crippen molar-refractivity contribution in [3.8, 4) is 0 Å². The summed E-state index contributed by atoms with van der Waals surface area (Å²) in [5.41, 5.74) is 1.91. The van der Waals surface area contributed by atoms with E-state index in [9.17, 15) is 13.2 Å². The van der Waals surface area contributed by atoms with Crippen molar-refractivity contribution in [1.82, 2.24) is 4.90 Å². The van der Waals surface area contributed by atoms with Gasteiger partial charge in [-0.25, -0.2) is 8.42 Å². The van der Waals surface area contributed by atoms with Gasteiger partial charge in [-0.3, -0.25) is 4.79 Å². The van der Waals surface area contributed by atoms with Crippen molar-refractivity contribution < 1.29 is 13.2 Å². The second-order valence-corrected chi connectivity index (χ2v) is 9.55. The largest absolute Gasteiger partial charge is 0.365 e. The molecule has 0 aliphatic carbocycles. The number of carbonyl (C=O) groups excluding carboxylic acids is 1. The van der Waals surface area contributed by atoms with Gasteiger partial charge >= 0.3 is 0 Å². The van der Waals surface area contributed by atoms with Gasteiger partial charge in [0.1, 0.15) is 0 Å². The summed E-state index contributed by atoms with van der Waals surface area (Å²) in [7, 11) is -1.38. The molecule has 6 heteroatoms. The van der Waals surface area contributed by atoms with Crippen LogP contribution in [0.5, 0.6) is 0 Å². The molecule has 1 heterocycles. The van der Waals surface area contributed by atoms with Crippen molar-refractivity contribution in [2.24, 2.45) is 0 Å². The SMILES string of the molecule is CN(CC(=O)N(Cc1ccccc1)[C@@H]1C=CS(=O)(=O)C1)c1ccc2ccccc2c1. The topological polar surface area (TPSA) is 57.7 Å². The van der Waals surface area contributed by atoms with Crippen molar-refractivity contribution in [1.29, 1.82) is 0 Å². The van der Waals surface area contributed by atoms with E-state index in [1.807, 2.05) is 72.6 Å². The lowest BCUT2D eigenvalue weighted by Crippen LogP contribution is -2.45. The van der Waals surface area contributed by atoms with Crippen LogP contribution in [-0.4, -0.2) is 44.6 Å². The molecule has 1 amide bonds. The van der Waals surface area contributed by atoms with Gasteiger partial charge in [0.25, 0.3) is 0 Å². The molecule has 3 aromatic rings. The first kappa shape index (κ1) is 20.2. The number of hydrogen-bond acceptors (Lipinski definition) is 4. The van der Waals surface area contributed by atoms with Crippen LogP contribution in [0.15, 0.2) is 84.3 Å². The number of likely N-dealkylation sites (N-methyl/N-ethyl adjacent to an activating group) is 1. The van der Waals surface area contributed by atoms with Crippen LogP contribution >= 0.6 is 0 Å². The standard InChI is InChI=1S/C24H24N2O3S/c1-25(22-12-11-20-9-5-6-10-21(20)15-22)17-24(27)26(16-19-7-3-2-4-8-19)23-13-14-30(28,29)18-23/h2-15,23H,16-18H2,1H3/t23-/m1/s1. The van der Waals surface area contributed by atoms with Crippen LogP contribution in [-0.2, 0) is 21.2 Å². The predicted molar refractivity (Wildman–Crippen MR) is 121 cm³/mol. The van der Waals surface area contributed by atoms with Gasteiger partial charge in [0.05, 0.1) is 18.3 Å². The quantitative estimate of drug-likeness (QED) is 0.611. The van der Waals surface area contributed by atoms with Crippen molar-refractivity contribution in [3.63, 3.8) is 0 Å². The minimum absolute atomic E-state index is 0.0642. The molecular formula is C24H24N2O3S. The van der Waals surface area contributed by atoms with Crippen LogP contribution in [0.4, 0.5) is 5.69 Å². The van der Waals surface area contributed by atoms with E-state index in [1.54, 1.807) is 11.0 Å². The number of amides is 1. The number of nitrogens with zero attached hydrogens (tertiary/aromatic N) is 2. The van der Waals surface area contributed by atoms with Crippen molar-refractivity contribution >= 4 is 32.2 Å². The molecule has 3 aromatic carbocycles. The summed E-state index contributed by atoms with van der Waals surface area (Å²) in [6.07, 6.45) is 1.62. The molecule has 0 saturated heterocycles. The molecule has 0 fully saturated rings. The lowest BCUT2D eigenvalue weighted by molar-refractivity contribution is -0.131. The number of fused-ring (bicyclic) bond motifs is 1. The molecule has 0 saturated carbocycles. The van der Waals surface area contributed by atoms with Gasteiger partial charge in [-0.2, -0.15) is 0 Å². The van der Waals surface area contributed by atoms with Gasteiger partial charge in [0.2, 0.25) is 5.91 Å². The van der Waals surface area contributed by atoms with E-state index in [0.29, 0.717) is 6.54 Å². The highest BCUT2D eigenvalue weighted by atomic mass is 32.2. The molecule has 154 valence electrons. The number of carbonyl (C=O) groups is 1. The van der Waals surface area contributed by atoms with E-state index in [-0.39, 0.29) is 18.2 Å². The summed E-state index contributed by atoms with van der Waals surface area (Å²) in [4.78, 5) is 16.8. The number of rotatable bonds is 6. The summed E-state index contributed by atoms with van der Waals surface area (Å²) < 4.78 is 23.9. The van der Waals surface area contributed by atoms with Crippen LogP contribution in [0.25, 0.3) is 10.8 Å². The zero-order valence-corrected chi connectivity index (χ0v) is 17.6. The molecule has 1 aliphatic heterocycles. The lowest BCUT2D eigenvalue weighted by atomic mass is 10.1. The molecule has 0 radical (unpaired) electrons. The number of anilines is 1. The molecule has 0 unspecified atom stereocenters. The van der Waals surface area contributed by atoms with Gasteiger partial charge in [-0.05, 0) is 34.5 Å². The molecule has 0 N–H and O–H groups in total. The van der Waals surface area contributed by atoms with Crippen molar-refractivity contribution in [2.75, 3.05) is 24.2 Å². The Morgan fingerprint density at radius 1 is 0.967 bits per heavy atom. The van der Waals surface area contributed by atoms with Crippen LogP contribution in [0.3, 0.4) is 0 Å². The minimum atomic E-state index is -3.26. The van der Waals surface area contributed by atoms with E-state index in [4.69, 9.17) is 0 Å². The van der Waals surface area contributed by atoms with Gasteiger partial charge in [-0.15, -0.1) is 0 Å². The average molecular weight is 421 g/mol. The van der Waals surface area contributed by atoms with E-state index in [2.05, 4.69) is 12.1 Å². The monoisotopic (exact) mass is 420 g/mol. The third kappa shape index (κ3) is 4.54. The summed E-state index contributed by atoms with van der Waals surface area (Å²) in [5, 5.41) is 3.48. The van der Waals surface area contributed by atoms with E-state index >= 15 is 0 Å². The Hall–Kier alpha value is -3.12. The van der Waals surface area contributed by atoms with Crippen molar-refractivity contribution in [3.05, 3.63) is 89.8 Å². The normalized spacial score (nSPS) is 17.2. The fraction of sp³-hybridized carbons (Fsp3) is 0.208. The van der Waals surface area contributed by atoms with E-state index in [0.717, 1.165) is 22.0 Å². The third-order valence-electron chi connectivity index (χ3n) is 5.37. The van der Waals surface area contributed by atoms with Crippen molar-refractivity contribution in [2.45, 2.75) is 12.6 Å². The minimum Gasteiger partial charge on any atom is -0.365 e. The van der Waals surface area contributed by atoms with Crippen LogP contribution in [0, 0.1) is 0 Å². The van der Waals surface area contributed by atoms with E-state index in [1.165, 1.54) is 5.41 Å². The highest BCUT2D eigenvalue weighted by Crippen LogP contribution is 2.23. The maximum absolute atomic E-state index is 13.2. The summed E-state index contributed by atoms with van der Waals surface area (Å²) in [5.74, 6) is -0.174. The lowest BCUT2D eigenvalue weighted by Gasteiger charge is -2.30. The Kier molecular flexibility index (Phi) is 5.59. The van der Waals surface area contributed by atoms with Crippen LogP contribution < -0.4 is 4.90 Å². The molecule has 1 aliphatic rings. The highest BCUT2D eigenvalue weighted by molar-refractivity contribution is 7.94. The maximum atomic E-state index is 13.2. The van der Waals surface area contributed by atoms with Gasteiger partial charge in [-0.1, -0.05) is 60.7 Å². The van der Waals surface area contributed by atoms with Gasteiger partial charge < -0.3 is 9.80 Å². The molecular weight excluding hydrogens is 396 g/mol. The Balaban J connectivity index is 1.55. The third-order valence-corrected chi connectivity index (χ3v) is 6.75. The smallest absolute Gasteiger partial charge is 0.242 e. The zero-order chi connectivity index (χ0) is 21.1. The first-order valence-electron chi connectivity index (χ1n) is 9.86. The second-order valence-electron chi connectivity index (χ2n) is 7.62. The Labute approximate surface area is 177 Å². The highest BCUT2D eigenvalue weighted by Gasteiger charge is 2.30. The first-order chi connectivity index (χ1) is 14.4. The second kappa shape index (κ2) is 8.32. The van der Waals surface area contributed by atoms with E-state index < -0.39 is 15.9 Å². The number of hydrogen-bond donors (Lipinski definition) is 0. The van der Waals surface area contributed by atoms with Crippen LogP contribution in [0.1, 0.15) is 5.56 Å². The number of benzene rings is 3. The van der Waals surface area contributed by atoms with Gasteiger partial charge in [0.15, 0.2) is 9.84 Å². The molecule has 1 atom stereocenters. The molecule has 0 bridgehead atoms. The fourth-order valence-electron chi connectivity index (χ4n) is 3.72. The number of sulfone groups is 1. The van der Waals surface area contributed by atoms with Gasteiger partial charge in [0, 0.05) is 24.7 Å². The first-order valence-corrected chi connectivity index (χ1v) is 11.6. The summed E-state index contributed by atoms with van der Waals surface area (Å²) in [6.45, 7) is 0.533. The summed E-state index contributed by atoms with van der Waals surface area (Å²) >= 11 is 0. The fourth-order valence-corrected chi connectivity index (χ4v) is 5.02. The Morgan fingerprint density at radius 2 is 1.67 bits per heavy atom. The molecule has 4 rings (SSSR count). The molecule has 0 aromatic heterocycles. The molecule has 0 spiro atoms. The summed E-state index contributed by atoms with van der Waals surface area (Å²) in [6, 6.07) is 23.4. The Bertz CT molecular complexity index is 1190. The maximum Gasteiger partial charge on any atom is 0.242 e. The average Bonchev–Trinajstić information content (AvgIpc) is 3.11. The Morgan fingerprint density at radius 3 is 2.37 bits per heavy atom. The molecule has 5 nitrogen and oxygen atoms in total. The zero-order valence-electron chi connectivity index (χ0n) is 16.8. The van der Waals surface area contributed by atoms with Crippen LogP contribution in [0.2, 0.25) is 0 Å². The predicted octanol–water partition coefficient (Wildman–Crippen LogP) is 3.62.